The molecule has 2 N–H and O–H groups in total. The van der Waals surface area contributed by atoms with Crippen LogP contribution >= 0.6 is 0 Å². The number of nitrogen functional groups attached to an aromatic ring is 1. The van der Waals surface area contributed by atoms with Crippen LogP contribution in [0.2, 0.25) is 0 Å². The number of nitrogens with zero attached hydrogens (tertiary/aromatic N) is 2. The highest BCUT2D eigenvalue weighted by Gasteiger charge is 2.26. The van der Waals surface area contributed by atoms with Crippen LogP contribution < -0.4 is 14.7 Å². The molecule has 1 aromatic heterocycles. The number of aromatic nitrogens is 2. The van der Waals surface area contributed by atoms with E-state index in [1.54, 1.807) is 40.0 Å². The highest BCUT2D eigenvalue weighted by molar-refractivity contribution is 7.87. The Morgan fingerprint density at radius 2 is 1.63 bits per heavy atom. The first kappa shape index (κ1) is 21.6. The molecule has 3 aromatic rings. The second-order valence-corrected chi connectivity index (χ2v) is 8.69. The normalized spacial score (nSPS) is 11.4. The largest absolute Gasteiger partial charge is 0.496 e. The second-order valence-electron chi connectivity index (χ2n) is 7.20. The zero-order chi connectivity index (χ0) is 22.1. The maximum Gasteiger partial charge on any atom is 0.341 e. The van der Waals surface area contributed by atoms with Gasteiger partial charge >= 0.3 is 10.1 Å². The van der Waals surface area contributed by atoms with Crippen molar-refractivity contribution in [2.24, 2.45) is 0 Å². The summed E-state index contributed by atoms with van der Waals surface area (Å²) in [6, 6.07) is 11.1. The van der Waals surface area contributed by atoms with Crippen molar-refractivity contribution in [3.8, 4) is 11.6 Å². The number of anilines is 1. The molecular formula is C22H25N3O4S. The minimum atomic E-state index is -4.13. The summed E-state index contributed by atoms with van der Waals surface area (Å²) >= 11 is 0. The molecule has 0 spiro atoms. The average molecular weight is 428 g/mol. The Morgan fingerprint density at radius 3 is 2.27 bits per heavy atom. The minimum Gasteiger partial charge on any atom is -0.496 e. The van der Waals surface area contributed by atoms with E-state index >= 15 is 0 Å². The van der Waals surface area contributed by atoms with Gasteiger partial charge < -0.3 is 14.7 Å². The van der Waals surface area contributed by atoms with Crippen LogP contribution in [0.15, 0.2) is 41.3 Å². The van der Waals surface area contributed by atoms with Crippen molar-refractivity contribution in [1.29, 1.82) is 0 Å². The van der Waals surface area contributed by atoms with Gasteiger partial charge in [-0.15, -0.1) is 0 Å². The first-order valence-electron chi connectivity index (χ1n) is 9.39. The molecule has 0 fully saturated rings. The summed E-state index contributed by atoms with van der Waals surface area (Å²) < 4.78 is 37.3. The molecule has 0 amide bonds. The van der Waals surface area contributed by atoms with Gasteiger partial charge in [0.25, 0.3) is 0 Å². The predicted octanol–water partition coefficient (Wildman–Crippen LogP) is 3.66. The first-order valence-corrected chi connectivity index (χ1v) is 10.8. The zero-order valence-electron chi connectivity index (χ0n) is 17.7. The van der Waals surface area contributed by atoms with Crippen LogP contribution in [0.4, 0.5) is 5.95 Å². The second kappa shape index (κ2) is 8.31. The first-order chi connectivity index (χ1) is 14.1. The van der Waals surface area contributed by atoms with Gasteiger partial charge in [-0.25, -0.2) is 4.98 Å². The van der Waals surface area contributed by atoms with Gasteiger partial charge in [-0.2, -0.15) is 13.4 Å². The van der Waals surface area contributed by atoms with Gasteiger partial charge in [0, 0.05) is 12.0 Å². The van der Waals surface area contributed by atoms with Crippen LogP contribution in [-0.4, -0.2) is 25.5 Å². The number of methoxy groups -OCH3 is 1. The molecular weight excluding hydrogens is 402 g/mol. The van der Waals surface area contributed by atoms with E-state index in [2.05, 4.69) is 9.97 Å². The van der Waals surface area contributed by atoms with Crippen molar-refractivity contribution in [3.63, 3.8) is 0 Å². The van der Waals surface area contributed by atoms with E-state index in [9.17, 15) is 8.42 Å². The molecule has 0 aliphatic heterocycles. The third kappa shape index (κ3) is 4.38. The fourth-order valence-electron chi connectivity index (χ4n) is 3.61. The van der Waals surface area contributed by atoms with Crippen LogP contribution in [0, 0.1) is 27.7 Å². The Kier molecular flexibility index (Phi) is 5.98. The minimum absolute atomic E-state index is 0.0566. The number of benzene rings is 2. The molecule has 158 valence electrons. The van der Waals surface area contributed by atoms with Gasteiger partial charge in [0.15, 0.2) is 0 Å². The van der Waals surface area contributed by atoms with Crippen LogP contribution in [0.25, 0.3) is 0 Å². The topological polar surface area (TPSA) is 104 Å². The maximum absolute atomic E-state index is 13.2. The fraction of sp³-hybridized carbons (Fsp3) is 0.273. The molecule has 30 heavy (non-hydrogen) atoms. The van der Waals surface area contributed by atoms with E-state index in [4.69, 9.17) is 14.7 Å². The Morgan fingerprint density at radius 1 is 1.00 bits per heavy atom. The van der Waals surface area contributed by atoms with E-state index in [0.717, 1.165) is 11.1 Å². The summed E-state index contributed by atoms with van der Waals surface area (Å²) in [4.78, 5) is 8.41. The summed E-state index contributed by atoms with van der Waals surface area (Å²) in [7, 11) is -2.55. The van der Waals surface area contributed by atoms with E-state index < -0.39 is 10.1 Å². The molecule has 0 radical (unpaired) electrons. The van der Waals surface area contributed by atoms with Crippen molar-refractivity contribution in [2.75, 3.05) is 12.8 Å². The molecule has 0 unspecified atom stereocenters. The highest BCUT2D eigenvalue weighted by Crippen LogP contribution is 2.31. The molecule has 0 aliphatic rings. The van der Waals surface area contributed by atoms with Crippen LogP contribution in [0.1, 0.15) is 33.5 Å². The number of rotatable bonds is 6. The fourth-order valence-corrected chi connectivity index (χ4v) is 4.94. The number of nitrogens with two attached hydrogens (primary N) is 1. The van der Waals surface area contributed by atoms with Crippen molar-refractivity contribution in [3.05, 3.63) is 69.9 Å². The summed E-state index contributed by atoms with van der Waals surface area (Å²) in [5, 5.41) is 0. The van der Waals surface area contributed by atoms with E-state index in [1.165, 1.54) is 0 Å². The van der Waals surface area contributed by atoms with Gasteiger partial charge in [-0.05, 0) is 50.5 Å². The highest BCUT2D eigenvalue weighted by atomic mass is 32.2. The predicted molar refractivity (Wildman–Crippen MR) is 115 cm³/mol. The molecule has 0 atom stereocenters. The molecule has 1 heterocycles. The van der Waals surface area contributed by atoms with Gasteiger partial charge in [0.05, 0.1) is 12.8 Å². The quantitative estimate of drug-likeness (QED) is 0.599. The van der Waals surface area contributed by atoms with Crippen molar-refractivity contribution < 1.29 is 17.3 Å². The van der Waals surface area contributed by atoms with E-state index in [0.29, 0.717) is 34.6 Å². The molecule has 7 nitrogen and oxygen atoms in total. The van der Waals surface area contributed by atoms with E-state index in [-0.39, 0.29) is 16.7 Å². The molecule has 0 bridgehead atoms. The lowest BCUT2D eigenvalue weighted by Crippen LogP contribution is -2.17. The number of para-hydroxylation sites is 1. The van der Waals surface area contributed by atoms with Crippen molar-refractivity contribution >= 4 is 16.1 Å². The van der Waals surface area contributed by atoms with Gasteiger partial charge in [-0.3, -0.25) is 0 Å². The number of aryl methyl sites for hydroxylation is 4. The number of hydrogen-bond acceptors (Lipinski definition) is 7. The lowest BCUT2D eigenvalue weighted by molar-refractivity contribution is 0.410. The molecule has 0 saturated carbocycles. The van der Waals surface area contributed by atoms with Gasteiger partial charge in [0.1, 0.15) is 10.6 Å². The third-order valence-electron chi connectivity index (χ3n) is 4.80. The number of hydrogen-bond donors (Lipinski definition) is 1. The molecule has 8 heteroatoms. The SMILES string of the molecule is COc1ccccc1Cc1c(C)nc(N)nc1OS(=O)(=O)c1c(C)cc(C)cc1C. The summed E-state index contributed by atoms with van der Waals surface area (Å²) in [6.45, 7) is 7.14. The monoisotopic (exact) mass is 427 g/mol. The Balaban J connectivity index is 2.09. The molecule has 3 rings (SSSR count). The van der Waals surface area contributed by atoms with Crippen LogP contribution in [0.3, 0.4) is 0 Å². The van der Waals surface area contributed by atoms with Crippen LogP contribution in [0.5, 0.6) is 11.6 Å². The van der Waals surface area contributed by atoms with Crippen LogP contribution in [-0.2, 0) is 16.5 Å². The smallest absolute Gasteiger partial charge is 0.341 e. The van der Waals surface area contributed by atoms with Crippen molar-refractivity contribution in [2.45, 2.75) is 39.0 Å². The van der Waals surface area contributed by atoms with Gasteiger partial charge in [-0.1, -0.05) is 35.9 Å². The lowest BCUT2D eigenvalue weighted by atomic mass is 10.0. The summed E-state index contributed by atoms with van der Waals surface area (Å²) in [5.74, 6) is 0.539. The molecule has 0 saturated heterocycles. The zero-order valence-corrected chi connectivity index (χ0v) is 18.5. The third-order valence-corrected chi connectivity index (χ3v) is 6.32. The maximum atomic E-state index is 13.2. The average Bonchev–Trinajstić information content (AvgIpc) is 2.63. The summed E-state index contributed by atoms with van der Waals surface area (Å²) in [5.41, 5.74) is 9.90. The van der Waals surface area contributed by atoms with Crippen molar-refractivity contribution in [1.82, 2.24) is 9.97 Å². The Bertz CT molecular complexity index is 1180. The molecule has 0 aliphatic carbocycles. The lowest BCUT2D eigenvalue weighted by Gasteiger charge is -2.16. The Hall–Kier alpha value is -3.13. The number of ether oxygens (including phenoxy) is 1. The van der Waals surface area contributed by atoms with Gasteiger partial charge in [0.2, 0.25) is 11.8 Å². The van der Waals surface area contributed by atoms with E-state index in [1.807, 2.05) is 31.2 Å². The standard InChI is InChI=1S/C22H25N3O4S/c1-13-10-14(2)20(15(3)11-13)30(26,27)29-21-18(16(4)24-22(23)25-21)12-17-8-6-7-9-19(17)28-5/h6-11H,12H2,1-5H3,(H2,23,24,25). The molecule has 2 aromatic carbocycles. The Labute approximate surface area is 177 Å². The summed E-state index contributed by atoms with van der Waals surface area (Å²) in [6.07, 6.45) is 0.326.